The zero-order chi connectivity index (χ0) is 11.6. The van der Waals surface area contributed by atoms with Gasteiger partial charge < -0.3 is 4.90 Å². The number of rotatable bonds is 3. The van der Waals surface area contributed by atoms with Crippen molar-refractivity contribution < 1.29 is 4.79 Å². The average Bonchev–Trinajstić information content (AvgIpc) is 2.00. The van der Waals surface area contributed by atoms with Gasteiger partial charge in [-0.1, -0.05) is 20.8 Å². The number of hydrogen-bond donors (Lipinski definition) is 0. The predicted molar refractivity (Wildman–Crippen MR) is 61.6 cm³/mol. The highest BCUT2D eigenvalue weighted by Crippen LogP contribution is 2.22. The molecule has 0 aromatic carbocycles. The van der Waals surface area contributed by atoms with E-state index in [0.29, 0.717) is 5.88 Å². The SMILES string of the molecule is CN(CC(C)(C)C)C(=O)C(C)(C)CCl. The summed E-state index contributed by atoms with van der Waals surface area (Å²) in [6.45, 7) is 10.9. The van der Waals surface area contributed by atoms with E-state index >= 15 is 0 Å². The van der Waals surface area contributed by atoms with Gasteiger partial charge in [0.1, 0.15) is 0 Å². The molecule has 0 saturated carbocycles. The van der Waals surface area contributed by atoms with Crippen molar-refractivity contribution in [2.24, 2.45) is 10.8 Å². The molecular formula is C11H22ClNO. The molecule has 0 saturated heterocycles. The Balaban J connectivity index is 4.41. The predicted octanol–water partition coefficient (Wildman–Crippen LogP) is 2.76. The van der Waals surface area contributed by atoms with Gasteiger partial charge in [-0.15, -0.1) is 11.6 Å². The number of carbonyl (C=O) groups excluding carboxylic acids is 1. The first-order valence-electron chi connectivity index (χ1n) is 4.92. The van der Waals surface area contributed by atoms with Crippen LogP contribution in [0.1, 0.15) is 34.6 Å². The van der Waals surface area contributed by atoms with Crippen molar-refractivity contribution in [1.82, 2.24) is 4.90 Å². The topological polar surface area (TPSA) is 20.3 Å². The lowest BCUT2D eigenvalue weighted by molar-refractivity contribution is -0.139. The van der Waals surface area contributed by atoms with Crippen LogP contribution in [0.2, 0.25) is 0 Å². The molecule has 0 aromatic heterocycles. The van der Waals surface area contributed by atoms with E-state index in [9.17, 15) is 4.79 Å². The fourth-order valence-electron chi connectivity index (χ4n) is 1.36. The van der Waals surface area contributed by atoms with Gasteiger partial charge in [-0.25, -0.2) is 0 Å². The molecule has 0 unspecified atom stereocenters. The number of hydrogen-bond acceptors (Lipinski definition) is 1. The van der Waals surface area contributed by atoms with Crippen molar-refractivity contribution in [3.8, 4) is 0 Å². The Morgan fingerprint density at radius 3 is 1.93 bits per heavy atom. The van der Waals surface area contributed by atoms with Crippen LogP contribution in [0.15, 0.2) is 0 Å². The fourth-order valence-corrected chi connectivity index (χ4v) is 1.47. The molecule has 0 aromatic rings. The molecule has 0 N–H and O–H groups in total. The highest BCUT2D eigenvalue weighted by molar-refractivity contribution is 6.19. The van der Waals surface area contributed by atoms with Gasteiger partial charge in [-0.2, -0.15) is 0 Å². The Morgan fingerprint density at radius 2 is 1.64 bits per heavy atom. The summed E-state index contributed by atoms with van der Waals surface area (Å²) in [4.78, 5) is 13.7. The summed E-state index contributed by atoms with van der Waals surface area (Å²) in [7, 11) is 1.84. The quantitative estimate of drug-likeness (QED) is 0.669. The number of carbonyl (C=O) groups is 1. The van der Waals surface area contributed by atoms with Gasteiger partial charge >= 0.3 is 0 Å². The fraction of sp³-hybridized carbons (Fsp3) is 0.909. The standard InChI is InChI=1S/C11H22ClNO/c1-10(2,3)8-13(6)9(14)11(4,5)7-12/h7-8H2,1-6H3. The van der Waals surface area contributed by atoms with E-state index in [1.54, 1.807) is 4.90 Å². The summed E-state index contributed by atoms with van der Waals surface area (Å²) in [6, 6.07) is 0. The number of alkyl halides is 1. The lowest BCUT2D eigenvalue weighted by Gasteiger charge is -2.32. The molecule has 0 aliphatic carbocycles. The molecule has 84 valence electrons. The van der Waals surface area contributed by atoms with Crippen LogP contribution < -0.4 is 0 Å². The minimum atomic E-state index is -0.457. The van der Waals surface area contributed by atoms with Gasteiger partial charge in [0.05, 0.1) is 5.41 Å². The van der Waals surface area contributed by atoms with E-state index in [4.69, 9.17) is 11.6 Å². The maximum absolute atomic E-state index is 11.9. The molecule has 0 aliphatic rings. The van der Waals surface area contributed by atoms with Gasteiger partial charge in [-0.3, -0.25) is 4.79 Å². The van der Waals surface area contributed by atoms with Crippen molar-refractivity contribution in [1.29, 1.82) is 0 Å². The molecule has 0 aliphatic heterocycles. The second kappa shape index (κ2) is 4.52. The Kier molecular flexibility index (Phi) is 4.44. The highest BCUT2D eigenvalue weighted by atomic mass is 35.5. The van der Waals surface area contributed by atoms with Crippen LogP contribution in [0.4, 0.5) is 0 Å². The van der Waals surface area contributed by atoms with E-state index < -0.39 is 5.41 Å². The van der Waals surface area contributed by atoms with Gasteiger partial charge in [0, 0.05) is 19.5 Å². The van der Waals surface area contributed by atoms with Crippen LogP contribution in [-0.2, 0) is 4.79 Å². The average molecular weight is 220 g/mol. The summed E-state index contributed by atoms with van der Waals surface area (Å²) in [5.74, 6) is 0.475. The third-order valence-corrected chi connectivity index (χ3v) is 2.64. The smallest absolute Gasteiger partial charge is 0.229 e. The zero-order valence-corrected chi connectivity index (χ0v) is 10.9. The van der Waals surface area contributed by atoms with E-state index in [0.717, 1.165) is 6.54 Å². The Labute approximate surface area is 92.6 Å². The van der Waals surface area contributed by atoms with Crippen molar-refractivity contribution in [2.45, 2.75) is 34.6 Å². The van der Waals surface area contributed by atoms with Crippen LogP contribution in [0, 0.1) is 10.8 Å². The van der Waals surface area contributed by atoms with Crippen molar-refractivity contribution in [3.63, 3.8) is 0 Å². The van der Waals surface area contributed by atoms with Gasteiger partial charge in [0.15, 0.2) is 0 Å². The van der Waals surface area contributed by atoms with Crippen LogP contribution in [0.3, 0.4) is 0 Å². The molecule has 14 heavy (non-hydrogen) atoms. The lowest BCUT2D eigenvalue weighted by atomic mass is 9.91. The third kappa shape index (κ3) is 4.32. The summed E-state index contributed by atoms with van der Waals surface area (Å²) in [6.07, 6.45) is 0. The van der Waals surface area contributed by atoms with Gasteiger partial charge in [0.2, 0.25) is 5.91 Å². The first-order valence-corrected chi connectivity index (χ1v) is 5.45. The van der Waals surface area contributed by atoms with Crippen molar-refractivity contribution >= 4 is 17.5 Å². The van der Waals surface area contributed by atoms with Crippen LogP contribution in [0.25, 0.3) is 0 Å². The van der Waals surface area contributed by atoms with Crippen LogP contribution >= 0.6 is 11.6 Å². The number of amides is 1. The molecule has 0 radical (unpaired) electrons. The minimum Gasteiger partial charge on any atom is -0.345 e. The Morgan fingerprint density at radius 1 is 1.21 bits per heavy atom. The molecule has 2 nitrogen and oxygen atoms in total. The normalized spacial score (nSPS) is 12.8. The lowest BCUT2D eigenvalue weighted by Crippen LogP contribution is -2.43. The molecular weight excluding hydrogens is 198 g/mol. The van der Waals surface area contributed by atoms with E-state index in [2.05, 4.69) is 20.8 Å². The van der Waals surface area contributed by atoms with Crippen molar-refractivity contribution in [3.05, 3.63) is 0 Å². The zero-order valence-electron chi connectivity index (χ0n) is 10.1. The van der Waals surface area contributed by atoms with Gasteiger partial charge in [-0.05, 0) is 19.3 Å². The molecule has 0 fully saturated rings. The molecule has 3 heteroatoms. The maximum atomic E-state index is 11.9. The Hall–Kier alpha value is -0.240. The third-order valence-electron chi connectivity index (χ3n) is 1.97. The number of nitrogens with zero attached hydrogens (tertiary/aromatic N) is 1. The number of halogens is 1. The first-order chi connectivity index (χ1) is 6.10. The molecule has 0 heterocycles. The second-order valence-electron chi connectivity index (χ2n) is 5.74. The van der Waals surface area contributed by atoms with Gasteiger partial charge in [0.25, 0.3) is 0 Å². The van der Waals surface area contributed by atoms with E-state index in [1.165, 1.54) is 0 Å². The molecule has 0 rings (SSSR count). The maximum Gasteiger partial charge on any atom is 0.229 e. The monoisotopic (exact) mass is 219 g/mol. The summed E-state index contributed by atoms with van der Waals surface area (Å²) < 4.78 is 0. The van der Waals surface area contributed by atoms with E-state index in [1.807, 2.05) is 20.9 Å². The largest absolute Gasteiger partial charge is 0.345 e. The molecule has 0 atom stereocenters. The molecule has 0 bridgehead atoms. The molecule has 1 amide bonds. The second-order valence-corrected chi connectivity index (χ2v) is 6.01. The summed E-state index contributed by atoms with van der Waals surface area (Å²) in [5, 5.41) is 0. The van der Waals surface area contributed by atoms with Crippen molar-refractivity contribution in [2.75, 3.05) is 19.5 Å². The Bertz CT molecular complexity index is 206. The van der Waals surface area contributed by atoms with Crippen LogP contribution in [0.5, 0.6) is 0 Å². The summed E-state index contributed by atoms with van der Waals surface area (Å²) in [5.41, 5.74) is -0.325. The summed E-state index contributed by atoms with van der Waals surface area (Å²) >= 11 is 5.76. The minimum absolute atomic E-state index is 0.113. The highest BCUT2D eigenvalue weighted by Gasteiger charge is 2.30. The first kappa shape index (κ1) is 13.8. The molecule has 0 spiro atoms. The van der Waals surface area contributed by atoms with E-state index in [-0.39, 0.29) is 11.3 Å². The van der Waals surface area contributed by atoms with Crippen LogP contribution in [-0.4, -0.2) is 30.3 Å².